The summed E-state index contributed by atoms with van der Waals surface area (Å²) in [5.41, 5.74) is 2.35. The average Bonchev–Trinajstić information content (AvgIpc) is 3.16. The van der Waals surface area contributed by atoms with Gasteiger partial charge in [-0.15, -0.1) is 0 Å². The predicted molar refractivity (Wildman–Crippen MR) is 95.1 cm³/mol. The molecule has 0 bridgehead atoms. The minimum atomic E-state index is -0.488. The summed E-state index contributed by atoms with van der Waals surface area (Å²) >= 11 is 0. The zero-order valence-corrected chi connectivity index (χ0v) is 14.3. The second kappa shape index (κ2) is 7.14. The van der Waals surface area contributed by atoms with Crippen LogP contribution in [0.15, 0.2) is 55.1 Å². The van der Waals surface area contributed by atoms with Crippen LogP contribution in [0.5, 0.6) is 0 Å². The van der Waals surface area contributed by atoms with Crippen LogP contribution in [0.3, 0.4) is 0 Å². The number of carbonyl (C=O) groups is 1. The Hall–Kier alpha value is -3.55. The van der Waals surface area contributed by atoms with Crippen molar-refractivity contribution in [1.29, 1.82) is 0 Å². The molecule has 0 aliphatic carbocycles. The van der Waals surface area contributed by atoms with Crippen molar-refractivity contribution < 1.29 is 9.72 Å². The Morgan fingerprint density at radius 1 is 1.23 bits per heavy atom. The first-order chi connectivity index (χ1) is 12.5. The van der Waals surface area contributed by atoms with Crippen molar-refractivity contribution in [3.8, 4) is 5.69 Å². The number of aromatic nitrogens is 3. The van der Waals surface area contributed by atoms with E-state index in [1.165, 1.54) is 18.5 Å². The van der Waals surface area contributed by atoms with Crippen molar-refractivity contribution in [2.75, 3.05) is 0 Å². The topological polar surface area (TPSA) is 103 Å². The van der Waals surface area contributed by atoms with Gasteiger partial charge in [0.25, 0.3) is 11.6 Å². The predicted octanol–water partition coefficient (Wildman–Crippen LogP) is 2.97. The molecule has 1 aromatic heterocycles. The van der Waals surface area contributed by atoms with Gasteiger partial charge in [-0.1, -0.05) is 18.2 Å². The summed E-state index contributed by atoms with van der Waals surface area (Å²) < 4.78 is 1.64. The van der Waals surface area contributed by atoms with E-state index in [2.05, 4.69) is 15.4 Å². The van der Waals surface area contributed by atoms with E-state index in [1.54, 1.807) is 24.0 Å². The van der Waals surface area contributed by atoms with E-state index in [-0.39, 0.29) is 17.6 Å². The molecule has 3 aromatic rings. The molecule has 0 saturated heterocycles. The molecule has 132 valence electrons. The lowest BCUT2D eigenvalue weighted by Crippen LogP contribution is -2.27. The largest absolute Gasteiger partial charge is 0.346 e. The Balaban J connectivity index is 1.75. The van der Waals surface area contributed by atoms with Crippen molar-refractivity contribution in [3.05, 3.63) is 81.9 Å². The van der Waals surface area contributed by atoms with Gasteiger partial charge in [0.1, 0.15) is 12.7 Å². The molecule has 1 N–H and O–H groups in total. The monoisotopic (exact) mass is 351 g/mol. The van der Waals surface area contributed by atoms with Crippen LogP contribution in [0.2, 0.25) is 0 Å². The molecule has 8 heteroatoms. The van der Waals surface area contributed by atoms with E-state index >= 15 is 0 Å². The maximum Gasteiger partial charge on any atom is 0.273 e. The zero-order chi connectivity index (χ0) is 18.7. The van der Waals surface area contributed by atoms with Crippen LogP contribution in [0.4, 0.5) is 5.69 Å². The molecule has 0 aliphatic heterocycles. The number of nitrogens with one attached hydrogen (secondary N) is 1. The second-order valence-corrected chi connectivity index (χ2v) is 5.83. The van der Waals surface area contributed by atoms with Crippen LogP contribution in [0.25, 0.3) is 5.69 Å². The van der Waals surface area contributed by atoms with Crippen molar-refractivity contribution in [1.82, 2.24) is 20.1 Å². The molecule has 0 saturated carbocycles. The van der Waals surface area contributed by atoms with Crippen molar-refractivity contribution in [2.45, 2.75) is 19.9 Å². The summed E-state index contributed by atoms with van der Waals surface area (Å²) in [6.45, 7) is 3.43. The van der Waals surface area contributed by atoms with E-state index in [1.807, 2.05) is 31.2 Å². The Bertz CT molecular complexity index is 936. The summed E-state index contributed by atoms with van der Waals surface area (Å²) in [5.74, 6) is -0.348. The third-order valence-corrected chi connectivity index (χ3v) is 4.17. The lowest BCUT2D eigenvalue weighted by molar-refractivity contribution is -0.385. The third-order valence-electron chi connectivity index (χ3n) is 4.17. The Kier molecular flexibility index (Phi) is 4.74. The number of nitro benzene ring substituents is 1. The number of benzene rings is 2. The van der Waals surface area contributed by atoms with Crippen LogP contribution < -0.4 is 5.32 Å². The first kappa shape index (κ1) is 17.3. The fraction of sp³-hybridized carbons (Fsp3) is 0.167. The highest BCUT2D eigenvalue weighted by Crippen LogP contribution is 2.22. The fourth-order valence-electron chi connectivity index (χ4n) is 2.68. The molecule has 2 aromatic carbocycles. The van der Waals surface area contributed by atoms with Crippen LogP contribution in [0, 0.1) is 17.0 Å². The quantitative estimate of drug-likeness (QED) is 0.562. The summed E-state index contributed by atoms with van der Waals surface area (Å²) in [6, 6.07) is 11.8. The molecule has 1 heterocycles. The van der Waals surface area contributed by atoms with E-state index in [4.69, 9.17) is 0 Å². The highest BCUT2D eigenvalue weighted by molar-refractivity contribution is 5.96. The molecule has 0 spiro atoms. The zero-order valence-electron chi connectivity index (χ0n) is 14.3. The SMILES string of the molecule is Cc1c(C(=O)NC(C)c2ccc(-n3cncn3)cc2)cccc1[N+](=O)[O-]. The molecule has 0 fully saturated rings. The van der Waals surface area contributed by atoms with Gasteiger partial charge in [0.05, 0.1) is 16.7 Å². The first-order valence-electron chi connectivity index (χ1n) is 7.97. The molecule has 1 atom stereocenters. The summed E-state index contributed by atoms with van der Waals surface area (Å²) in [5, 5.41) is 18.0. The van der Waals surface area contributed by atoms with Crippen molar-refractivity contribution in [3.63, 3.8) is 0 Å². The van der Waals surface area contributed by atoms with Gasteiger partial charge in [0.15, 0.2) is 0 Å². The lowest BCUT2D eigenvalue weighted by Gasteiger charge is -2.16. The average molecular weight is 351 g/mol. The number of carbonyl (C=O) groups excluding carboxylic acids is 1. The van der Waals surface area contributed by atoms with Gasteiger partial charge in [-0.2, -0.15) is 5.10 Å². The van der Waals surface area contributed by atoms with E-state index in [9.17, 15) is 14.9 Å². The maximum absolute atomic E-state index is 12.5. The van der Waals surface area contributed by atoms with E-state index in [0.29, 0.717) is 11.1 Å². The van der Waals surface area contributed by atoms with Gasteiger partial charge >= 0.3 is 0 Å². The first-order valence-corrected chi connectivity index (χ1v) is 7.97. The van der Waals surface area contributed by atoms with Crippen LogP contribution in [0.1, 0.15) is 34.5 Å². The molecule has 8 nitrogen and oxygen atoms in total. The number of nitro groups is 1. The third kappa shape index (κ3) is 3.44. The summed E-state index contributed by atoms with van der Waals surface area (Å²) in [4.78, 5) is 27.0. The normalized spacial score (nSPS) is 11.8. The molecule has 1 amide bonds. The molecular formula is C18H17N5O3. The Morgan fingerprint density at radius 3 is 2.58 bits per heavy atom. The van der Waals surface area contributed by atoms with Gasteiger partial charge in [0, 0.05) is 17.2 Å². The standard InChI is InChI=1S/C18H17N5O3/c1-12-16(4-3-5-17(12)23(25)26)18(24)21-13(2)14-6-8-15(9-7-14)22-11-19-10-20-22/h3-11,13H,1-2H3,(H,21,24). The minimum Gasteiger partial charge on any atom is -0.346 e. The highest BCUT2D eigenvalue weighted by atomic mass is 16.6. The van der Waals surface area contributed by atoms with Crippen LogP contribution in [-0.4, -0.2) is 25.6 Å². The van der Waals surface area contributed by atoms with Gasteiger partial charge in [0.2, 0.25) is 0 Å². The molecule has 3 rings (SSSR count). The van der Waals surface area contributed by atoms with Gasteiger partial charge in [-0.25, -0.2) is 9.67 Å². The summed E-state index contributed by atoms with van der Waals surface area (Å²) in [6.07, 6.45) is 3.06. The van der Waals surface area contributed by atoms with Crippen LogP contribution >= 0.6 is 0 Å². The van der Waals surface area contributed by atoms with Crippen LogP contribution in [-0.2, 0) is 0 Å². The molecule has 0 radical (unpaired) electrons. The number of hydrogen-bond donors (Lipinski definition) is 1. The number of rotatable bonds is 5. The minimum absolute atomic E-state index is 0.0671. The van der Waals surface area contributed by atoms with Crippen molar-refractivity contribution in [2.24, 2.45) is 0 Å². The fourth-order valence-corrected chi connectivity index (χ4v) is 2.68. The highest BCUT2D eigenvalue weighted by Gasteiger charge is 2.19. The molecule has 26 heavy (non-hydrogen) atoms. The smallest absolute Gasteiger partial charge is 0.273 e. The van der Waals surface area contributed by atoms with E-state index in [0.717, 1.165) is 11.3 Å². The summed E-state index contributed by atoms with van der Waals surface area (Å²) in [7, 11) is 0. The maximum atomic E-state index is 12.5. The lowest BCUT2D eigenvalue weighted by atomic mass is 10.0. The number of hydrogen-bond acceptors (Lipinski definition) is 5. The molecular weight excluding hydrogens is 334 g/mol. The van der Waals surface area contributed by atoms with Gasteiger partial charge < -0.3 is 5.32 Å². The van der Waals surface area contributed by atoms with E-state index < -0.39 is 4.92 Å². The number of nitrogens with zero attached hydrogens (tertiary/aromatic N) is 4. The Labute approximate surface area is 149 Å². The van der Waals surface area contributed by atoms with Gasteiger partial charge in [-0.3, -0.25) is 14.9 Å². The molecule has 1 unspecified atom stereocenters. The Morgan fingerprint density at radius 2 is 1.96 bits per heavy atom. The number of amides is 1. The molecule has 0 aliphatic rings. The van der Waals surface area contributed by atoms with Gasteiger partial charge in [-0.05, 0) is 37.6 Å². The second-order valence-electron chi connectivity index (χ2n) is 5.83. The van der Waals surface area contributed by atoms with Crippen molar-refractivity contribution >= 4 is 11.6 Å².